The van der Waals surface area contributed by atoms with E-state index in [0.29, 0.717) is 16.0 Å². The lowest BCUT2D eigenvalue weighted by Gasteiger charge is -2.23. The molecule has 0 aliphatic rings. The molecule has 3 N–H and O–H groups in total. The Balaban J connectivity index is 2.75. The molecule has 1 aromatic rings. The van der Waals surface area contributed by atoms with Crippen LogP contribution in [0.3, 0.4) is 0 Å². The zero-order chi connectivity index (χ0) is 14.3. The SMILES string of the molecule is CCCCC(CC)CC(NN)c1cc(Cl)cc(Cl)c1. The molecule has 4 heteroatoms. The van der Waals surface area contributed by atoms with Gasteiger partial charge in [0.15, 0.2) is 0 Å². The Hall–Kier alpha value is -0.280. The molecule has 2 atom stereocenters. The van der Waals surface area contributed by atoms with Gasteiger partial charge in [0.1, 0.15) is 0 Å². The molecule has 19 heavy (non-hydrogen) atoms. The third kappa shape index (κ3) is 5.70. The lowest BCUT2D eigenvalue weighted by Crippen LogP contribution is -2.29. The summed E-state index contributed by atoms with van der Waals surface area (Å²) in [6, 6.07) is 5.72. The molecule has 0 aromatic heterocycles. The van der Waals surface area contributed by atoms with E-state index in [9.17, 15) is 0 Å². The molecule has 2 nitrogen and oxygen atoms in total. The first-order valence-electron chi connectivity index (χ1n) is 7.02. The van der Waals surface area contributed by atoms with E-state index >= 15 is 0 Å². The number of hydrogen-bond donors (Lipinski definition) is 2. The summed E-state index contributed by atoms with van der Waals surface area (Å²) in [6.07, 6.45) is 5.95. The molecule has 0 saturated carbocycles. The Morgan fingerprint density at radius 3 is 2.26 bits per heavy atom. The minimum absolute atomic E-state index is 0.109. The van der Waals surface area contributed by atoms with E-state index in [1.165, 1.54) is 25.7 Å². The predicted octanol–water partition coefficient (Wildman–Crippen LogP) is 5.10. The molecule has 0 aliphatic heterocycles. The molecule has 0 amide bonds. The first kappa shape index (κ1) is 16.8. The molecule has 108 valence electrons. The number of benzene rings is 1. The molecule has 0 saturated heterocycles. The van der Waals surface area contributed by atoms with Crippen LogP contribution in [0.1, 0.15) is 57.6 Å². The lowest BCUT2D eigenvalue weighted by molar-refractivity contribution is 0.356. The summed E-state index contributed by atoms with van der Waals surface area (Å²) in [5.74, 6) is 6.38. The fourth-order valence-corrected chi connectivity index (χ4v) is 2.93. The Kier molecular flexibility index (Phi) is 7.77. The minimum atomic E-state index is 0.109. The van der Waals surface area contributed by atoms with E-state index in [1.807, 2.05) is 12.1 Å². The van der Waals surface area contributed by atoms with Crippen LogP contribution < -0.4 is 11.3 Å². The van der Waals surface area contributed by atoms with Crippen molar-refractivity contribution in [3.8, 4) is 0 Å². The van der Waals surface area contributed by atoms with Crippen LogP contribution in [-0.2, 0) is 0 Å². The quantitative estimate of drug-likeness (QED) is 0.517. The number of halogens is 2. The van der Waals surface area contributed by atoms with E-state index in [-0.39, 0.29) is 6.04 Å². The maximum atomic E-state index is 6.05. The van der Waals surface area contributed by atoms with Crippen molar-refractivity contribution < 1.29 is 0 Å². The number of hydrogen-bond acceptors (Lipinski definition) is 2. The van der Waals surface area contributed by atoms with Crippen LogP contribution in [0.15, 0.2) is 18.2 Å². The molecule has 0 aliphatic carbocycles. The third-order valence-corrected chi connectivity index (χ3v) is 4.04. The van der Waals surface area contributed by atoms with Gasteiger partial charge in [0.2, 0.25) is 0 Å². The van der Waals surface area contributed by atoms with Crippen molar-refractivity contribution in [1.29, 1.82) is 0 Å². The molecule has 0 spiro atoms. The van der Waals surface area contributed by atoms with Crippen LogP contribution in [0.25, 0.3) is 0 Å². The van der Waals surface area contributed by atoms with Gasteiger partial charge in [-0.1, -0.05) is 62.7 Å². The summed E-state index contributed by atoms with van der Waals surface area (Å²) in [6.45, 7) is 4.46. The van der Waals surface area contributed by atoms with Crippen LogP contribution in [0.4, 0.5) is 0 Å². The average Bonchev–Trinajstić information content (AvgIpc) is 2.38. The number of nitrogens with one attached hydrogen (secondary N) is 1. The van der Waals surface area contributed by atoms with Gasteiger partial charge in [-0.2, -0.15) is 0 Å². The molecule has 0 radical (unpaired) electrons. The average molecular weight is 303 g/mol. The molecule has 1 rings (SSSR count). The Labute approximate surface area is 126 Å². The van der Waals surface area contributed by atoms with Gasteiger partial charge in [0, 0.05) is 16.1 Å². The van der Waals surface area contributed by atoms with Gasteiger partial charge in [0.25, 0.3) is 0 Å². The highest BCUT2D eigenvalue weighted by Gasteiger charge is 2.16. The molecule has 1 aromatic carbocycles. The summed E-state index contributed by atoms with van der Waals surface area (Å²) >= 11 is 12.1. The summed E-state index contributed by atoms with van der Waals surface area (Å²) in [4.78, 5) is 0. The molecular formula is C15H24Cl2N2. The van der Waals surface area contributed by atoms with Gasteiger partial charge in [-0.05, 0) is 36.1 Å². The van der Waals surface area contributed by atoms with Crippen molar-refractivity contribution in [2.45, 2.75) is 52.0 Å². The zero-order valence-corrected chi connectivity index (χ0v) is 13.3. The third-order valence-electron chi connectivity index (χ3n) is 3.60. The van der Waals surface area contributed by atoms with E-state index < -0.39 is 0 Å². The monoisotopic (exact) mass is 302 g/mol. The van der Waals surface area contributed by atoms with Gasteiger partial charge in [-0.25, -0.2) is 0 Å². The van der Waals surface area contributed by atoms with Crippen molar-refractivity contribution in [2.75, 3.05) is 0 Å². The van der Waals surface area contributed by atoms with Gasteiger partial charge < -0.3 is 0 Å². The van der Waals surface area contributed by atoms with E-state index in [0.717, 1.165) is 12.0 Å². The van der Waals surface area contributed by atoms with E-state index in [1.54, 1.807) is 6.07 Å². The second-order valence-electron chi connectivity index (χ2n) is 5.07. The number of hydrazine groups is 1. The summed E-state index contributed by atoms with van der Waals surface area (Å²) in [7, 11) is 0. The van der Waals surface area contributed by atoms with Gasteiger partial charge in [0.05, 0.1) is 0 Å². The highest BCUT2D eigenvalue weighted by Crippen LogP contribution is 2.29. The highest BCUT2D eigenvalue weighted by molar-refractivity contribution is 6.34. The molecule has 0 heterocycles. The van der Waals surface area contributed by atoms with Crippen molar-refractivity contribution >= 4 is 23.2 Å². The number of unbranched alkanes of at least 4 members (excludes halogenated alkanes) is 1. The fraction of sp³-hybridized carbons (Fsp3) is 0.600. The van der Waals surface area contributed by atoms with Crippen LogP contribution in [-0.4, -0.2) is 0 Å². The van der Waals surface area contributed by atoms with Crippen molar-refractivity contribution in [3.05, 3.63) is 33.8 Å². The second-order valence-corrected chi connectivity index (χ2v) is 5.95. The normalized spacial score (nSPS) is 14.4. The Morgan fingerprint density at radius 2 is 1.79 bits per heavy atom. The lowest BCUT2D eigenvalue weighted by atomic mass is 9.89. The van der Waals surface area contributed by atoms with E-state index in [2.05, 4.69) is 19.3 Å². The molecule has 2 unspecified atom stereocenters. The van der Waals surface area contributed by atoms with Crippen LogP contribution in [0.2, 0.25) is 10.0 Å². The minimum Gasteiger partial charge on any atom is -0.271 e. The van der Waals surface area contributed by atoms with Crippen molar-refractivity contribution in [1.82, 2.24) is 5.43 Å². The summed E-state index contributed by atoms with van der Waals surface area (Å²) < 4.78 is 0. The molecule has 0 fully saturated rings. The Bertz CT molecular complexity index is 362. The first-order valence-corrected chi connectivity index (χ1v) is 7.78. The maximum absolute atomic E-state index is 6.05. The van der Waals surface area contributed by atoms with Gasteiger partial charge in [-0.15, -0.1) is 0 Å². The van der Waals surface area contributed by atoms with Crippen LogP contribution in [0.5, 0.6) is 0 Å². The molecule has 0 bridgehead atoms. The van der Waals surface area contributed by atoms with Crippen LogP contribution in [0, 0.1) is 5.92 Å². The predicted molar refractivity (Wildman–Crippen MR) is 84.4 cm³/mol. The Morgan fingerprint density at radius 1 is 1.16 bits per heavy atom. The fourth-order valence-electron chi connectivity index (χ4n) is 2.39. The second kappa shape index (κ2) is 8.80. The van der Waals surface area contributed by atoms with Crippen molar-refractivity contribution in [3.63, 3.8) is 0 Å². The topological polar surface area (TPSA) is 38.0 Å². The van der Waals surface area contributed by atoms with Crippen LogP contribution >= 0.6 is 23.2 Å². The highest BCUT2D eigenvalue weighted by atomic mass is 35.5. The van der Waals surface area contributed by atoms with Gasteiger partial charge >= 0.3 is 0 Å². The largest absolute Gasteiger partial charge is 0.271 e. The summed E-state index contributed by atoms with van der Waals surface area (Å²) in [5, 5.41) is 1.31. The summed E-state index contributed by atoms with van der Waals surface area (Å²) in [5.41, 5.74) is 3.96. The smallest absolute Gasteiger partial charge is 0.0463 e. The molecular weight excluding hydrogens is 279 g/mol. The number of rotatable bonds is 8. The zero-order valence-electron chi connectivity index (χ0n) is 11.8. The first-order chi connectivity index (χ1) is 9.10. The number of nitrogens with two attached hydrogens (primary N) is 1. The van der Waals surface area contributed by atoms with E-state index in [4.69, 9.17) is 29.0 Å². The van der Waals surface area contributed by atoms with Gasteiger partial charge in [-0.3, -0.25) is 11.3 Å². The standard InChI is InChI=1S/C15H24Cl2N2/c1-3-5-6-11(4-2)7-15(19-18)12-8-13(16)10-14(17)9-12/h8-11,15,19H,3-7,18H2,1-2H3. The maximum Gasteiger partial charge on any atom is 0.0463 e. The van der Waals surface area contributed by atoms with Crippen molar-refractivity contribution in [2.24, 2.45) is 11.8 Å².